The second-order valence-electron chi connectivity index (χ2n) is 3.93. The fraction of sp³-hybridized carbons (Fsp3) is 0.154. The molecule has 3 rings (SSSR count). The number of fused-ring (bicyclic) bond motifs is 1. The van der Waals surface area contributed by atoms with Crippen LogP contribution in [0.2, 0.25) is 0 Å². The van der Waals surface area contributed by atoms with Gasteiger partial charge in [0.2, 0.25) is 5.95 Å². The third-order valence-electron chi connectivity index (χ3n) is 2.51. The number of rotatable bonds is 4. The van der Waals surface area contributed by atoms with Gasteiger partial charge in [-0.25, -0.2) is 15.0 Å². The van der Waals surface area contributed by atoms with Gasteiger partial charge in [-0.15, -0.1) is 0 Å². The number of nitrogens with zero attached hydrogens (tertiary/aromatic N) is 3. The summed E-state index contributed by atoms with van der Waals surface area (Å²) in [6.45, 7) is 2.63. The lowest BCUT2D eigenvalue weighted by Crippen LogP contribution is -1.95. The number of aromatic nitrogens is 3. The second-order valence-corrected chi connectivity index (χ2v) is 6.21. The van der Waals surface area contributed by atoms with Crippen molar-refractivity contribution in [2.75, 3.05) is 11.9 Å². The predicted molar refractivity (Wildman–Crippen MR) is 88.8 cm³/mol. The van der Waals surface area contributed by atoms with Crippen molar-refractivity contribution in [3.8, 4) is 5.75 Å². The number of hydrogen-bond donors (Lipinski definition) is 1. The highest BCUT2D eigenvalue weighted by Crippen LogP contribution is 2.30. The summed E-state index contributed by atoms with van der Waals surface area (Å²) < 4.78 is 7.56. The molecule has 0 radical (unpaired) electrons. The normalized spacial score (nSPS) is 10.7. The molecule has 0 aliphatic carbocycles. The molecule has 0 saturated heterocycles. The van der Waals surface area contributed by atoms with E-state index in [0.29, 0.717) is 12.6 Å². The third-order valence-corrected chi connectivity index (χ3v) is 4.00. The lowest BCUT2D eigenvalue weighted by atomic mass is 10.3. The van der Waals surface area contributed by atoms with E-state index in [0.717, 1.165) is 24.7 Å². The van der Waals surface area contributed by atoms with Gasteiger partial charge >= 0.3 is 0 Å². The first-order valence-electron chi connectivity index (χ1n) is 6.02. The molecule has 0 bridgehead atoms. The lowest BCUT2D eigenvalue weighted by Gasteiger charge is -2.00. The minimum atomic E-state index is 0.550. The highest BCUT2D eigenvalue weighted by atomic mass is 127. The standard InChI is InChI=1S/C13H11IN4OS/c1-2-19-9-3-4-10-11(5-9)20-13(17-10)18-12-15-6-8(14)7-16-12/h3-7H,2H2,1H3,(H,15,16,17,18). The minimum absolute atomic E-state index is 0.550. The van der Waals surface area contributed by atoms with Gasteiger partial charge in [-0.05, 0) is 47.7 Å². The monoisotopic (exact) mass is 398 g/mol. The Bertz CT molecular complexity index is 729. The summed E-state index contributed by atoms with van der Waals surface area (Å²) in [6.07, 6.45) is 3.52. The highest BCUT2D eigenvalue weighted by molar-refractivity contribution is 14.1. The zero-order chi connectivity index (χ0) is 13.9. The number of ether oxygens (including phenoxy) is 1. The van der Waals surface area contributed by atoms with E-state index in [1.165, 1.54) is 0 Å². The van der Waals surface area contributed by atoms with Crippen LogP contribution in [0.15, 0.2) is 30.6 Å². The molecule has 1 N–H and O–H groups in total. The van der Waals surface area contributed by atoms with Crippen LogP contribution in [0.25, 0.3) is 10.2 Å². The molecule has 0 fully saturated rings. The van der Waals surface area contributed by atoms with Gasteiger partial charge < -0.3 is 10.1 Å². The molecule has 5 nitrogen and oxygen atoms in total. The first-order chi connectivity index (χ1) is 9.74. The summed E-state index contributed by atoms with van der Waals surface area (Å²) in [6, 6.07) is 5.88. The SMILES string of the molecule is CCOc1ccc2nc(Nc3ncc(I)cn3)sc2c1. The molecule has 3 aromatic rings. The molecule has 20 heavy (non-hydrogen) atoms. The van der Waals surface area contributed by atoms with Gasteiger partial charge in [0.15, 0.2) is 5.13 Å². The quantitative estimate of drug-likeness (QED) is 0.677. The van der Waals surface area contributed by atoms with Crippen LogP contribution in [0, 0.1) is 3.57 Å². The molecule has 2 heterocycles. The largest absolute Gasteiger partial charge is 0.494 e. The summed E-state index contributed by atoms with van der Waals surface area (Å²) in [5.41, 5.74) is 0.937. The summed E-state index contributed by atoms with van der Waals surface area (Å²) >= 11 is 3.72. The van der Waals surface area contributed by atoms with Crippen molar-refractivity contribution < 1.29 is 4.74 Å². The van der Waals surface area contributed by atoms with E-state index in [9.17, 15) is 0 Å². The summed E-state index contributed by atoms with van der Waals surface area (Å²) in [5.74, 6) is 1.41. The molecule has 0 saturated carbocycles. The number of hydrogen-bond acceptors (Lipinski definition) is 6. The zero-order valence-corrected chi connectivity index (χ0v) is 13.6. The van der Waals surface area contributed by atoms with E-state index in [2.05, 4.69) is 42.9 Å². The van der Waals surface area contributed by atoms with Crippen molar-refractivity contribution in [3.05, 3.63) is 34.2 Å². The first kappa shape index (κ1) is 13.5. The highest BCUT2D eigenvalue weighted by Gasteiger charge is 2.06. The van der Waals surface area contributed by atoms with E-state index in [1.54, 1.807) is 23.7 Å². The van der Waals surface area contributed by atoms with Crippen molar-refractivity contribution in [2.45, 2.75) is 6.92 Å². The van der Waals surface area contributed by atoms with Crippen LogP contribution < -0.4 is 10.1 Å². The number of thiazole rings is 1. The topological polar surface area (TPSA) is 59.9 Å². The molecule has 0 aliphatic heterocycles. The Hall–Kier alpha value is -1.48. The van der Waals surface area contributed by atoms with Crippen LogP contribution in [0.5, 0.6) is 5.75 Å². The van der Waals surface area contributed by atoms with Gasteiger partial charge in [-0.2, -0.15) is 0 Å². The zero-order valence-electron chi connectivity index (χ0n) is 10.6. The van der Waals surface area contributed by atoms with Gasteiger partial charge in [0.25, 0.3) is 0 Å². The van der Waals surface area contributed by atoms with Crippen LogP contribution in [0.4, 0.5) is 11.1 Å². The Labute approximate surface area is 133 Å². The second kappa shape index (κ2) is 5.88. The predicted octanol–water partition coefficient (Wildman–Crippen LogP) is 3.83. The van der Waals surface area contributed by atoms with Crippen LogP contribution in [0.3, 0.4) is 0 Å². The molecule has 2 aromatic heterocycles. The Kier molecular flexibility index (Phi) is 3.97. The number of nitrogens with one attached hydrogen (secondary N) is 1. The van der Waals surface area contributed by atoms with Crippen LogP contribution in [-0.4, -0.2) is 21.6 Å². The molecule has 1 aromatic carbocycles. The summed E-state index contributed by atoms with van der Waals surface area (Å²) in [7, 11) is 0. The average Bonchev–Trinajstić information content (AvgIpc) is 2.83. The van der Waals surface area contributed by atoms with Gasteiger partial charge in [0, 0.05) is 16.0 Å². The maximum atomic E-state index is 5.49. The average molecular weight is 398 g/mol. The molecule has 0 spiro atoms. The van der Waals surface area contributed by atoms with E-state index in [-0.39, 0.29) is 0 Å². The molecular formula is C13H11IN4OS. The van der Waals surface area contributed by atoms with E-state index < -0.39 is 0 Å². The van der Waals surface area contributed by atoms with Crippen molar-refractivity contribution in [3.63, 3.8) is 0 Å². The Morgan fingerprint density at radius 1 is 1.30 bits per heavy atom. The van der Waals surface area contributed by atoms with Gasteiger partial charge in [0.05, 0.1) is 16.8 Å². The molecule has 0 unspecified atom stereocenters. The van der Waals surface area contributed by atoms with Gasteiger partial charge in [-0.3, -0.25) is 0 Å². The number of anilines is 2. The molecule has 0 amide bonds. The van der Waals surface area contributed by atoms with Crippen LogP contribution in [0.1, 0.15) is 6.92 Å². The Morgan fingerprint density at radius 2 is 2.10 bits per heavy atom. The third kappa shape index (κ3) is 2.98. The van der Waals surface area contributed by atoms with Crippen molar-refractivity contribution in [1.29, 1.82) is 0 Å². The molecular weight excluding hydrogens is 387 g/mol. The fourth-order valence-corrected chi connectivity index (χ4v) is 2.85. The van der Waals surface area contributed by atoms with Gasteiger partial charge in [-0.1, -0.05) is 11.3 Å². The van der Waals surface area contributed by atoms with E-state index in [1.807, 2.05) is 25.1 Å². The lowest BCUT2D eigenvalue weighted by molar-refractivity contribution is 0.341. The molecule has 7 heteroatoms. The maximum absolute atomic E-state index is 5.49. The summed E-state index contributed by atoms with van der Waals surface area (Å²) in [5, 5.41) is 3.89. The Balaban J connectivity index is 1.86. The first-order valence-corrected chi connectivity index (χ1v) is 7.92. The summed E-state index contributed by atoms with van der Waals surface area (Å²) in [4.78, 5) is 12.9. The Morgan fingerprint density at radius 3 is 2.85 bits per heavy atom. The van der Waals surface area contributed by atoms with Crippen LogP contribution in [-0.2, 0) is 0 Å². The fourth-order valence-electron chi connectivity index (χ4n) is 1.69. The molecule has 0 aliphatic rings. The van der Waals surface area contributed by atoms with Crippen molar-refractivity contribution in [2.24, 2.45) is 0 Å². The number of benzene rings is 1. The van der Waals surface area contributed by atoms with Crippen molar-refractivity contribution in [1.82, 2.24) is 15.0 Å². The minimum Gasteiger partial charge on any atom is -0.494 e. The van der Waals surface area contributed by atoms with E-state index in [4.69, 9.17) is 4.74 Å². The van der Waals surface area contributed by atoms with E-state index >= 15 is 0 Å². The molecule has 102 valence electrons. The molecule has 0 atom stereocenters. The van der Waals surface area contributed by atoms with Crippen LogP contribution >= 0.6 is 33.9 Å². The van der Waals surface area contributed by atoms with Gasteiger partial charge in [0.1, 0.15) is 5.75 Å². The van der Waals surface area contributed by atoms with Crippen molar-refractivity contribution >= 4 is 55.2 Å². The smallest absolute Gasteiger partial charge is 0.228 e. The maximum Gasteiger partial charge on any atom is 0.228 e. The number of halogens is 1.